The molecular formula is C25H37NO2. The fourth-order valence-electron chi connectivity index (χ4n) is 5.03. The molecule has 0 spiro atoms. The Morgan fingerprint density at radius 3 is 2.36 bits per heavy atom. The van der Waals surface area contributed by atoms with Gasteiger partial charge in [-0.2, -0.15) is 0 Å². The first kappa shape index (κ1) is 21.0. The smallest absolute Gasteiger partial charge is 0.407 e. The van der Waals surface area contributed by atoms with E-state index in [9.17, 15) is 4.79 Å². The molecule has 5 aliphatic carbocycles. The van der Waals surface area contributed by atoms with Crippen molar-refractivity contribution in [1.82, 2.24) is 5.32 Å². The molecule has 3 saturated carbocycles. The molecule has 2 unspecified atom stereocenters. The van der Waals surface area contributed by atoms with E-state index in [1.807, 2.05) is 6.08 Å². The van der Waals surface area contributed by atoms with Crippen LogP contribution >= 0.6 is 0 Å². The Hall–Kier alpha value is -1.77. The summed E-state index contributed by atoms with van der Waals surface area (Å²) < 4.78 is 5.44. The fraction of sp³-hybridized carbons (Fsp3) is 0.640. The zero-order valence-electron chi connectivity index (χ0n) is 18.1. The van der Waals surface area contributed by atoms with E-state index < -0.39 is 0 Å². The van der Waals surface area contributed by atoms with Crippen molar-refractivity contribution < 1.29 is 9.53 Å². The van der Waals surface area contributed by atoms with Gasteiger partial charge in [0.15, 0.2) is 0 Å². The molecule has 154 valence electrons. The quantitative estimate of drug-likeness (QED) is 0.454. The van der Waals surface area contributed by atoms with Gasteiger partial charge in [0.25, 0.3) is 0 Å². The van der Waals surface area contributed by atoms with Gasteiger partial charge in [-0.25, -0.2) is 4.79 Å². The molecule has 0 aliphatic heterocycles. The maximum atomic E-state index is 12.2. The molecule has 28 heavy (non-hydrogen) atoms. The number of allylic oxidation sites excluding steroid dienone is 6. The highest BCUT2D eigenvalue weighted by molar-refractivity contribution is 5.69. The van der Waals surface area contributed by atoms with E-state index in [4.69, 9.17) is 4.74 Å². The fourth-order valence-corrected chi connectivity index (χ4v) is 5.03. The largest absolute Gasteiger partial charge is 0.445 e. The number of alkyl carbamates (subject to hydrolysis) is 1. The topological polar surface area (TPSA) is 38.3 Å². The molecule has 1 N–H and O–H groups in total. The predicted octanol–water partition coefficient (Wildman–Crippen LogP) is 6.63. The number of rotatable bonds is 9. The van der Waals surface area contributed by atoms with E-state index in [2.05, 4.69) is 51.2 Å². The van der Waals surface area contributed by atoms with Gasteiger partial charge >= 0.3 is 6.09 Å². The van der Waals surface area contributed by atoms with E-state index in [1.54, 1.807) is 5.57 Å². The zero-order chi connectivity index (χ0) is 20.1. The Morgan fingerprint density at radius 1 is 1.07 bits per heavy atom. The normalized spacial score (nSPS) is 28.4. The molecule has 4 bridgehead atoms. The number of carbonyl (C=O) groups is 1. The first-order valence-electron chi connectivity index (χ1n) is 11.0. The SMILES string of the molecule is CC(C)=CCC/C(C)=C/CC/C(C)=C/COC(=O)NC12CC=C3C(CC3C1)C2. The van der Waals surface area contributed by atoms with Gasteiger partial charge < -0.3 is 10.1 Å². The number of hydrogen-bond acceptors (Lipinski definition) is 2. The first-order valence-corrected chi connectivity index (χ1v) is 11.0. The van der Waals surface area contributed by atoms with Crippen molar-refractivity contribution in [3.8, 4) is 0 Å². The second-order valence-electron chi connectivity index (χ2n) is 9.41. The number of amides is 1. The second kappa shape index (κ2) is 9.15. The zero-order valence-corrected chi connectivity index (χ0v) is 18.1. The van der Waals surface area contributed by atoms with Gasteiger partial charge in [0.05, 0.1) is 0 Å². The van der Waals surface area contributed by atoms with Crippen LogP contribution in [0.4, 0.5) is 4.79 Å². The van der Waals surface area contributed by atoms with Gasteiger partial charge in [-0.05, 0) is 97.0 Å². The van der Waals surface area contributed by atoms with Crippen molar-refractivity contribution >= 4 is 6.09 Å². The monoisotopic (exact) mass is 383 g/mol. The van der Waals surface area contributed by atoms with Crippen molar-refractivity contribution in [2.24, 2.45) is 11.8 Å². The summed E-state index contributed by atoms with van der Waals surface area (Å²) in [5.41, 5.74) is 5.76. The number of nitrogens with one attached hydrogen (secondary N) is 1. The third kappa shape index (κ3) is 5.40. The van der Waals surface area contributed by atoms with E-state index in [1.165, 1.54) is 23.1 Å². The van der Waals surface area contributed by atoms with Gasteiger partial charge in [-0.15, -0.1) is 0 Å². The molecule has 1 amide bonds. The van der Waals surface area contributed by atoms with Gasteiger partial charge in [0, 0.05) is 5.54 Å². The lowest BCUT2D eigenvalue weighted by Gasteiger charge is -2.57. The average molecular weight is 384 g/mol. The van der Waals surface area contributed by atoms with Crippen LogP contribution in [0.15, 0.2) is 46.6 Å². The summed E-state index contributed by atoms with van der Waals surface area (Å²) in [6.07, 6.45) is 17.7. The molecule has 2 atom stereocenters. The van der Waals surface area contributed by atoms with Crippen molar-refractivity contribution in [2.45, 2.75) is 84.6 Å². The Morgan fingerprint density at radius 2 is 1.71 bits per heavy atom. The average Bonchev–Trinajstić information content (AvgIpc) is 2.61. The van der Waals surface area contributed by atoms with Crippen LogP contribution in [0.3, 0.4) is 0 Å². The minimum absolute atomic E-state index is 0.0288. The Balaban J connectivity index is 1.32. The van der Waals surface area contributed by atoms with E-state index >= 15 is 0 Å². The minimum Gasteiger partial charge on any atom is -0.445 e. The maximum absolute atomic E-state index is 12.2. The molecular weight excluding hydrogens is 346 g/mol. The van der Waals surface area contributed by atoms with Crippen LogP contribution in [0, 0.1) is 11.8 Å². The summed E-state index contributed by atoms with van der Waals surface area (Å²) in [6, 6.07) is 0. The summed E-state index contributed by atoms with van der Waals surface area (Å²) in [7, 11) is 0. The first-order chi connectivity index (χ1) is 13.4. The summed E-state index contributed by atoms with van der Waals surface area (Å²) in [4.78, 5) is 12.2. The second-order valence-corrected chi connectivity index (χ2v) is 9.41. The summed E-state index contributed by atoms with van der Waals surface area (Å²) in [5, 5.41) is 3.19. The summed E-state index contributed by atoms with van der Waals surface area (Å²) >= 11 is 0. The van der Waals surface area contributed by atoms with Gasteiger partial charge in [-0.1, -0.05) is 40.5 Å². The van der Waals surface area contributed by atoms with E-state index in [0.29, 0.717) is 6.61 Å². The lowest BCUT2D eigenvalue weighted by molar-refractivity contribution is 0.0658. The Bertz CT molecular complexity index is 692. The van der Waals surface area contributed by atoms with Gasteiger partial charge in [-0.3, -0.25) is 0 Å². The van der Waals surface area contributed by atoms with Crippen LogP contribution in [0.5, 0.6) is 0 Å². The van der Waals surface area contributed by atoms with Crippen LogP contribution in [-0.4, -0.2) is 18.2 Å². The molecule has 0 radical (unpaired) electrons. The maximum Gasteiger partial charge on any atom is 0.407 e. The lowest BCUT2D eigenvalue weighted by Crippen LogP contribution is -2.60. The lowest BCUT2D eigenvalue weighted by atomic mass is 9.51. The summed E-state index contributed by atoms with van der Waals surface area (Å²) in [6.45, 7) is 8.99. The van der Waals surface area contributed by atoms with Crippen LogP contribution in [0.2, 0.25) is 0 Å². The Labute approximate surface area is 171 Å². The third-order valence-electron chi connectivity index (χ3n) is 6.65. The molecule has 0 aromatic rings. The summed E-state index contributed by atoms with van der Waals surface area (Å²) in [5.74, 6) is 1.46. The van der Waals surface area contributed by atoms with Gasteiger partial charge in [0.2, 0.25) is 0 Å². The molecule has 0 aromatic heterocycles. The van der Waals surface area contributed by atoms with Crippen molar-refractivity contribution in [1.29, 1.82) is 0 Å². The molecule has 0 saturated heterocycles. The van der Waals surface area contributed by atoms with Crippen molar-refractivity contribution in [3.05, 3.63) is 46.6 Å². The van der Waals surface area contributed by atoms with Crippen LogP contribution in [0.1, 0.15) is 79.1 Å². The standard InChI is InChI=1S/C25H37NO2/c1-18(2)7-5-8-19(3)9-6-10-20(4)12-14-28-24(27)26-25-13-11-23-21(16-25)15-22(23)17-25/h7,9,11-12,21-22H,5-6,8,10,13-17H2,1-4H3,(H,26,27)/b19-9+,20-12+. The highest BCUT2D eigenvalue weighted by atomic mass is 16.5. The number of hydrogen-bond donors (Lipinski definition) is 1. The van der Waals surface area contributed by atoms with Crippen molar-refractivity contribution in [2.75, 3.05) is 6.61 Å². The predicted molar refractivity (Wildman–Crippen MR) is 116 cm³/mol. The van der Waals surface area contributed by atoms with Gasteiger partial charge in [0.1, 0.15) is 6.61 Å². The number of carbonyl (C=O) groups excluding carboxylic acids is 1. The van der Waals surface area contributed by atoms with E-state index in [-0.39, 0.29) is 11.6 Å². The Kier molecular flexibility index (Phi) is 6.85. The van der Waals surface area contributed by atoms with Crippen LogP contribution < -0.4 is 5.32 Å². The molecule has 3 fully saturated rings. The minimum atomic E-state index is -0.253. The highest BCUT2D eigenvalue weighted by Crippen LogP contribution is 2.58. The molecule has 0 aromatic carbocycles. The third-order valence-corrected chi connectivity index (χ3v) is 6.65. The molecule has 3 nitrogen and oxygen atoms in total. The molecule has 0 heterocycles. The van der Waals surface area contributed by atoms with Crippen molar-refractivity contribution in [3.63, 3.8) is 0 Å². The van der Waals surface area contributed by atoms with E-state index in [0.717, 1.165) is 56.8 Å². The molecule has 5 aliphatic rings. The molecule has 5 rings (SSSR count). The van der Waals surface area contributed by atoms with Crippen LogP contribution in [-0.2, 0) is 4.74 Å². The van der Waals surface area contributed by atoms with Crippen LogP contribution in [0.25, 0.3) is 0 Å². The highest BCUT2D eigenvalue weighted by Gasteiger charge is 2.53. The number of ether oxygens (including phenoxy) is 1. The number of fused-ring (bicyclic) bond motifs is 1. The molecule has 3 heteroatoms.